The Morgan fingerprint density at radius 2 is 2.08 bits per heavy atom. The van der Waals surface area contributed by atoms with Gasteiger partial charge in [-0.3, -0.25) is 0 Å². The van der Waals surface area contributed by atoms with E-state index in [1.165, 1.54) is 6.07 Å². The molecule has 1 N–H and O–H groups in total. The fraction of sp³-hybridized carbons (Fsp3) is 0.455. The number of halogens is 1. The van der Waals surface area contributed by atoms with Crippen molar-refractivity contribution in [2.75, 3.05) is 13.1 Å². The third-order valence-corrected chi connectivity index (χ3v) is 2.01. The molecule has 1 nitrogen and oxygen atoms in total. The predicted molar refractivity (Wildman–Crippen MR) is 53.3 cm³/mol. The van der Waals surface area contributed by atoms with Gasteiger partial charge in [0.2, 0.25) is 0 Å². The fourth-order valence-corrected chi connectivity index (χ4v) is 1.28. The highest BCUT2D eigenvalue weighted by Gasteiger charge is 1.98. The van der Waals surface area contributed by atoms with Crippen molar-refractivity contribution in [2.24, 2.45) is 0 Å². The van der Waals surface area contributed by atoms with Crippen molar-refractivity contribution < 1.29 is 4.39 Å². The van der Waals surface area contributed by atoms with E-state index >= 15 is 0 Å². The van der Waals surface area contributed by atoms with E-state index < -0.39 is 0 Å². The van der Waals surface area contributed by atoms with E-state index in [0.29, 0.717) is 0 Å². The van der Waals surface area contributed by atoms with Gasteiger partial charge in [0, 0.05) is 0 Å². The predicted octanol–water partition coefficient (Wildman–Crippen LogP) is 2.37. The molecule has 0 heterocycles. The Balaban J connectivity index is 2.32. The lowest BCUT2D eigenvalue weighted by Gasteiger charge is -2.03. The lowest BCUT2D eigenvalue weighted by molar-refractivity contribution is 0.596. The van der Waals surface area contributed by atoms with Crippen LogP contribution in [0.1, 0.15) is 18.9 Å². The van der Waals surface area contributed by atoms with Gasteiger partial charge in [0.1, 0.15) is 5.82 Å². The Hall–Kier alpha value is -0.890. The van der Waals surface area contributed by atoms with Gasteiger partial charge in [-0.1, -0.05) is 25.1 Å². The molecule has 0 aromatic heterocycles. The minimum Gasteiger partial charge on any atom is -0.317 e. The third kappa shape index (κ3) is 3.55. The molecule has 0 aliphatic rings. The standard InChI is InChI=1S/C11H16FN/c1-2-13-9-5-7-10-6-3-4-8-11(10)12/h3-4,6,8,13H,2,5,7,9H2,1H3. The van der Waals surface area contributed by atoms with Crippen molar-refractivity contribution >= 4 is 0 Å². The molecule has 0 bridgehead atoms. The fourth-order valence-electron chi connectivity index (χ4n) is 1.28. The highest BCUT2D eigenvalue weighted by Crippen LogP contribution is 2.07. The van der Waals surface area contributed by atoms with Crippen LogP contribution in [0.25, 0.3) is 0 Å². The molecule has 0 atom stereocenters. The zero-order valence-corrected chi connectivity index (χ0v) is 8.02. The SMILES string of the molecule is CCNCCCc1ccccc1F. The van der Waals surface area contributed by atoms with Crippen LogP contribution < -0.4 is 5.32 Å². The monoisotopic (exact) mass is 181 g/mol. The molecule has 0 spiro atoms. The summed E-state index contributed by atoms with van der Waals surface area (Å²) >= 11 is 0. The quantitative estimate of drug-likeness (QED) is 0.688. The highest BCUT2D eigenvalue weighted by molar-refractivity contribution is 5.17. The van der Waals surface area contributed by atoms with Gasteiger partial charge in [-0.25, -0.2) is 4.39 Å². The highest BCUT2D eigenvalue weighted by atomic mass is 19.1. The van der Waals surface area contributed by atoms with Gasteiger partial charge in [0.05, 0.1) is 0 Å². The lowest BCUT2D eigenvalue weighted by Crippen LogP contribution is -2.14. The molecule has 1 aromatic carbocycles. The van der Waals surface area contributed by atoms with E-state index in [9.17, 15) is 4.39 Å². The molecule has 13 heavy (non-hydrogen) atoms. The van der Waals surface area contributed by atoms with Crippen molar-refractivity contribution in [3.05, 3.63) is 35.6 Å². The number of hydrogen-bond acceptors (Lipinski definition) is 1. The van der Waals surface area contributed by atoms with Crippen molar-refractivity contribution in [3.63, 3.8) is 0 Å². The molecule has 0 aliphatic carbocycles. The normalized spacial score (nSPS) is 10.3. The molecule has 72 valence electrons. The number of rotatable bonds is 5. The van der Waals surface area contributed by atoms with Gasteiger partial charge in [-0.2, -0.15) is 0 Å². The maximum atomic E-state index is 13.1. The van der Waals surface area contributed by atoms with Gasteiger partial charge < -0.3 is 5.32 Å². The molecule has 0 fully saturated rings. The van der Waals surface area contributed by atoms with Crippen LogP contribution in [-0.4, -0.2) is 13.1 Å². The van der Waals surface area contributed by atoms with Crippen molar-refractivity contribution in [1.29, 1.82) is 0 Å². The van der Waals surface area contributed by atoms with Crippen molar-refractivity contribution in [2.45, 2.75) is 19.8 Å². The first-order chi connectivity index (χ1) is 6.34. The molecule has 1 rings (SSSR count). The first-order valence-corrected chi connectivity index (χ1v) is 4.78. The van der Waals surface area contributed by atoms with E-state index in [1.807, 2.05) is 12.1 Å². The number of benzene rings is 1. The molecule has 0 amide bonds. The Labute approximate surface area is 79.0 Å². The summed E-state index contributed by atoms with van der Waals surface area (Å²) in [6.45, 7) is 4.02. The van der Waals surface area contributed by atoms with E-state index in [-0.39, 0.29) is 5.82 Å². The molecule has 0 saturated heterocycles. The molecule has 2 heteroatoms. The minimum absolute atomic E-state index is 0.0843. The van der Waals surface area contributed by atoms with Crippen molar-refractivity contribution in [3.8, 4) is 0 Å². The van der Waals surface area contributed by atoms with Gasteiger partial charge in [-0.15, -0.1) is 0 Å². The first kappa shape index (κ1) is 10.2. The Morgan fingerprint density at radius 3 is 2.77 bits per heavy atom. The van der Waals surface area contributed by atoms with Crippen LogP contribution in [0.5, 0.6) is 0 Å². The smallest absolute Gasteiger partial charge is 0.126 e. The summed E-state index contributed by atoms with van der Waals surface area (Å²) in [6, 6.07) is 6.97. The third-order valence-electron chi connectivity index (χ3n) is 2.01. The zero-order valence-electron chi connectivity index (χ0n) is 8.02. The van der Waals surface area contributed by atoms with E-state index in [2.05, 4.69) is 12.2 Å². The van der Waals surface area contributed by atoms with E-state index in [1.54, 1.807) is 6.07 Å². The van der Waals surface area contributed by atoms with Crippen LogP contribution in [-0.2, 0) is 6.42 Å². The molecule has 0 radical (unpaired) electrons. The average Bonchev–Trinajstić information content (AvgIpc) is 2.15. The van der Waals surface area contributed by atoms with Crippen LogP contribution in [0.3, 0.4) is 0 Å². The summed E-state index contributed by atoms with van der Waals surface area (Å²) in [6.07, 6.45) is 1.81. The second-order valence-corrected chi connectivity index (χ2v) is 3.05. The molecular formula is C11H16FN. The van der Waals surface area contributed by atoms with Gasteiger partial charge in [0.25, 0.3) is 0 Å². The van der Waals surface area contributed by atoms with Crippen LogP contribution >= 0.6 is 0 Å². The van der Waals surface area contributed by atoms with Crippen LogP contribution in [0.2, 0.25) is 0 Å². The summed E-state index contributed by atoms with van der Waals surface area (Å²) in [4.78, 5) is 0. The van der Waals surface area contributed by atoms with Crippen LogP contribution in [0.15, 0.2) is 24.3 Å². The topological polar surface area (TPSA) is 12.0 Å². The average molecular weight is 181 g/mol. The Morgan fingerprint density at radius 1 is 1.31 bits per heavy atom. The molecule has 0 aliphatic heterocycles. The summed E-state index contributed by atoms with van der Waals surface area (Å²) in [5.74, 6) is -0.0843. The maximum Gasteiger partial charge on any atom is 0.126 e. The van der Waals surface area contributed by atoms with E-state index in [4.69, 9.17) is 0 Å². The minimum atomic E-state index is -0.0843. The summed E-state index contributed by atoms with van der Waals surface area (Å²) < 4.78 is 13.1. The number of hydrogen-bond donors (Lipinski definition) is 1. The van der Waals surface area contributed by atoms with E-state index in [0.717, 1.165) is 31.5 Å². The summed E-state index contributed by atoms with van der Waals surface area (Å²) in [5.41, 5.74) is 0.820. The summed E-state index contributed by atoms with van der Waals surface area (Å²) in [7, 11) is 0. The first-order valence-electron chi connectivity index (χ1n) is 4.78. The molecule has 0 unspecified atom stereocenters. The Kier molecular flexibility index (Phi) is 4.47. The number of aryl methyl sites for hydroxylation is 1. The van der Waals surface area contributed by atoms with Crippen LogP contribution in [0, 0.1) is 5.82 Å². The van der Waals surface area contributed by atoms with Crippen molar-refractivity contribution in [1.82, 2.24) is 5.32 Å². The molecular weight excluding hydrogens is 165 g/mol. The number of nitrogens with one attached hydrogen (secondary N) is 1. The van der Waals surface area contributed by atoms with Gasteiger partial charge >= 0.3 is 0 Å². The molecule has 0 saturated carbocycles. The molecule has 1 aromatic rings. The zero-order chi connectivity index (χ0) is 9.52. The van der Waals surface area contributed by atoms with Gasteiger partial charge in [0.15, 0.2) is 0 Å². The Bertz CT molecular complexity index is 248. The lowest BCUT2D eigenvalue weighted by atomic mass is 10.1. The maximum absolute atomic E-state index is 13.1. The second-order valence-electron chi connectivity index (χ2n) is 3.05. The van der Waals surface area contributed by atoms with Gasteiger partial charge in [-0.05, 0) is 37.6 Å². The largest absolute Gasteiger partial charge is 0.317 e. The second kappa shape index (κ2) is 5.70. The van der Waals surface area contributed by atoms with Crippen LogP contribution in [0.4, 0.5) is 4.39 Å². The summed E-state index contributed by atoms with van der Waals surface area (Å²) in [5, 5.41) is 3.22.